The zero-order valence-electron chi connectivity index (χ0n) is 15.8. The lowest BCUT2D eigenvalue weighted by Crippen LogP contribution is -2.14. The number of aromatic nitrogens is 1. The summed E-state index contributed by atoms with van der Waals surface area (Å²) >= 11 is 1.49. The Morgan fingerprint density at radius 3 is 2.37 bits per heavy atom. The summed E-state index contributed by atoms with van der Waals surface area (Å²) in [6.45, 7) is 5.75. The standard InChI is InChI=1S/C20H22N2O3S2/c1-5-27(24,25)16-8-6-15(7-9-16)12-19(23)21-20-22(4)17-10-13(2)14(3)11-18(17)26-20/h6-11H,5,12H2,1-4H3. The first-order valence-corrected chi connectivity index (χ1v) is 11.1. The predicted molar refractivity (Wildman–Crippen MR) is 109 cm³/mol. The minimum atomic E-state index is -3.23. The Kier molecular flexibility index (Phi) is 5.35. The molecule has 1 aromatic heterocycles. The molecule has 0 spiro atoms. The average molecular weight is 403 g/mol. The van der Waals surface area contributed by atoms with Gasteiger partial charge in [-0.05, 0) is 54.8 Å². The molecule has 0 fully saturated rings. The molecular weight excluding hydrogens is 380 g/mol. The Balaban J connectivity index is 1.87. The van der Waals surface area contributed by atoms with Gasteiger partial charge in [-0.1, -0.05) is 30.4 Å². The summed E-state index contributed by atoms with van der Waals surface area (Å²) in [6.07, 6.45) is 0.138. The van der Waals surface area contributed by atoms with E-state index in [0.717, 1.165) is 15.8 Å². The van der Waals surface area contributed by atoms with E-state index >= 15 is 0 Å². The van der Waals surface area contributed by atoms with Crippen molar-refractivity contribution < 1.29 is 13.2 Å². The smallest absolute Gasteiger partial charge is 0.252 e. The Morgan fingerprint density at radius 1 is 1.11 bits per heavy atom. The van der Waals surface area contributed by atoms with Crippen molar-refractivity contribution in [2.75, 3.05) is 5.75 Å². The van der Waals surface area contributed by atoms with Crippen LogP contribution in [0.1, 0.15) is 23.6 Å². The molecule has 0 bridgehead atoms. The topological polar surface area (TPSA) is 68.5 Å². The van der Waals surface area contributed by atoms with Crippen molar-refractivity contribution in [1.29, 1.82) is 0 Å². The molecule has 7 heteroatoms. The molecule has 1 heterocycles. The van der Waals surface area contributed by atoms with Gasteiger partial charge in [0.15, 0.2) is 14.6 Å². The second-order valence-corrected chi connectivity index (χ2v) is 9.86. The molecule has 3 rings (SSSR count). The summed E-state index contributed by atoms with van der Waals surface area (Å²) in [7, 11) is -1.32. The second kappa shape index (κ2) is 7.40. The number of carbonyl (C=O) groups excluding carboxylic acids is 1. The summed E-state index contributed by atoms with van der Waals surface area (Å²) < 4.78 is 26.7. The summed E-state index contributed by atoms with van der Waals surface area (Å²) in [4.78, 5) is 17.6. The maximum atomic E-state index is 12.4. The fourth-order valence-corrected chi connectivity index (χ4v) is 4.79. The number of rotatable bonds is 4. The van der Waals surface area contributed by atoms with E-state index in [2.05, 4.69) is 31.0 Å². The number of hydrogen-bond donors (Lipinski definition) is 0. The number of fused-ring (bicyclic) bond motifs is 1. The predicted octanol–water partition coefficient (Wildman–Crippen LogP) is 3.32. The fourth-order valence-electron chi connectivity index (χ4n) is 2.79. The molecule has 0 saturated carbocycles. The molecule has 1 amide bonds. The molecular formula is C20H22N2O3S2. The monoisotopic (exact) mass is 402 g/mol. The van der Waals surface area contributed by atoms with Crippen LogP contribution in [0.3, 0.4) is 0 Å². The molecule has 5 nitrogen and oxygen atoms in total. The van der Waals surface area contributed by atoms with Crippen LogP contribution in [0.25, 0.3) is 10.2 Å². The molecule has 0 aliphatic rings. The van der Waals surface area contributed by atoms with Gasteiger partial charge in [0.25, 0.3) is 5.91 Å². The van der Waals surface area contributed by atoms with Crippen LogP contribution in [0.15, 0.2) is 46.3 Å². The number of nitrogens with zero attached hydrogens (tertiary/aromatic N) is 2. The lowest BCUT2D eigenvalue weighted by atomic mass is 10.1. The third kappa shape index (κ3) is 4.04. The van der Waals surface area contributed by atoms with E-state index in [1.165, 1.54) is 22.5 Å². The summed E-state index contributed by atoms with van der Waals surface area (Å²) in [5.41, 5.74) is 4.22. The van der Waals surface area contributed by atoms with Gasteiger partial charge >= 0.3 is 0 Å². The van der Waals surface area contributed by atoms with Crippen LogP contribution in [-0.4, -0.2) is 24.6 Å². The van der Waals surface area contributed by atoms with Crippen molar-refractivity contribution >= 4 is 37.3 Å². The Morgan fingerprint density at radius 2 is 1.74 bits per heavy atom. The van der Waals surface area contributed by atoms with Crippen molar-refractivity contribution in [2.45, 2.75) is 32.1 Å². The lowest BCUT2D eigenvalue weighted by Gasteiger charge is -2.03. The van der Waals surface area contributed by atoms with Crippen LogP contribution in [-0.2, 0) is 28.1 Å². The SMILES string of the molecule is CCS(=O)(=O)c1ccc(CC(=O)N=c2sc3cc(C)c(C)cc3n2C)cc1. The van der Waals surface area contributed by atoms with E-state index in [-0.39, 0.29) is 23.0 Å². The quantitative estimate of drug-likeness (QED) is 0.672. The number of sulfone groups is 1. The van der Waals surface area contributed by atoms with E-state index < -0.39 is 9.84 Å². The maximum absolute atomic E-state index is 12.4. The number of carbonyl (C=O) groups is 1. The van der Waals surface area contributed by atoms with E-state index in [0.29, 0.717) is 4.80 Å². The first-order chi connectivity index (χ1) is 12.7. The largest absolute Gasteiger partial charge is 0.319 e. The second-order valence-electron chi connectivity index (χ2n) is 6.58. The van der Waals surface area contributed by atoms with Crippen LogP contribution in [0.5, 0.6) is 0 Å². The van der Waals surface area contributed by atoms with Gasteiger partial charge in [0.05, 0.1) is 27.3 Å². The van der Waals surface area contributed by atoms with Crippen molar-refractivity contribution in [3.8, 4) is 0 Å². The molecule has 0 N–H and O–H groups in total. The molecule has 0 radical (unpaired) electrons. The van der Waals surface area contributed by atoms with Gasteiger partial charge in [-0.2, -0.15) is 4.99 Å². The normalized spacial score (nSPS) is 12.7. The van der Waals surface area contributed by atoms with E-state index in [1.807, 2.05) is 11.6 Å². The van der Waals surface area contributed by atoms with Crippen LogP contribution >= 0.6 is 11.3 Å². The van der Waals surface area contributed by atoms with Crippen molar-refractivity contribution in [2.24, 2.45) is 12.0 Å². The Labute approximate surface area is 162 Å². The Hall–Kier alpha value is -2.25. The first-order valence-electron chi connectivity index (χ1n) is 8.67. The molecule has 0 aliphatic carbocycles. The van der Waals surface area contributed by atoms with Gasteiger partial charge in [0, 0.05) is 7.05 Å². The Bertz CT molecular complexity index is 1180. The molecule has 0 saturated heterocycles. The van der Waals surface area contributed by atoms with Crippen molar-refractivity contribution in [1.82, 2.24) is 4.57 Å². The van der Waals surface area contributed by atoms with Gasteiger partial charge < -0.3 is 4.57 Å². The van der Waals surface area contributed by atoms with Gasteiger partial charge in [-0.25, -0.2) is 8.42 Å². The van der Waals surface area contributed by atoms with E-state index in [1.54, 1.807) is 31.2 Å². The summed E-state index contributed by atoms with van der Waals surface area (Å²) in [5.74, 6) is -0.196. The average Bonchev–Trinajstić information content (AvgIpc) is 2.91. The molecule has 0 atom stereocenters. The number of hydrogen-bond acceptors (Lipinski definition) is 4. The highest BCUT2D eigenvalue weighted by molar-refractivity contribution is 7.91. The number of aryl methyl sites for hydroxylation is 3. The zero-order chi connectivity index (χ0) is 19.8. The number of thiazole rings is 1. The minimum Gasteiger partial charge on any atom is -0.319 e. The first kappa shape index (κ1) is 19.5. The number of amides is 1. The van der Waals surface area contributed by atoms with Gasteiger partial charge in [-0.15, -0.1) is 0 Å². The minimum absolute atomic E-state index is 0.0575. The maximum Gasteiger partial charge on any atom is 0.252 e. The molecule has 142 valence electrons. The van der Waals surface area contributed by atoms with Crippen molar-refractivity contribution in [3.63, 3.8) is 0 Å². The van der Waals surface area contributed by atoms with Crippen LogP contribution in [0.2, 0.25) is 0 Å². The molecule has 27 heavy (non-hydrogen) atoms. The van der Waals surface area contributed by atoms with Gasteiger partial charge in [0.2, 0.25) is 0 Å². The summed E-state index contributed by atoms with van der Waals surface area (Å²) in [6, 6.07) is 10.7. The molecule has 0 unspecified atom stereocenters. The third-order valence-corrected chi connectivity index (χ3v) is 7.51. The molecule has 3 aromatic rings. The fraction of sp³-hybridized carbons (Fsp3) is 0.300. The van der Waals surface area contributed by atoms with Crippen LogP contribution in [0.4, 0.5) is 0 Å². The lowest BCUT2D eigenvalue weighted by molar-refractivity contribution is -0.117. The highest BCUT2D eigenvalue weighted by atomic mass is 32.2. The van der Waals surface area contributed by atoms with E-state index in [4.69, 9.17) is 0 Å². The highest BCUT2D eigenvalue weighted by Crippen LogP contribution is 2.21. The molecule has 2 aromatic carbocycles. The third-order valence-electron chi connectivity index (χ3n) is 4.66. The summed E-state index contributed by atoms with van der Waals surface area (Å²) in [5, 5.41) is 0. The molecule has 0 aliphatic heterocycles. The van der Waals surface area contributed by atoms with Gasteiger partial charge in [0.1, 0.15) is 0 Å². The van der Waals surface area contributed by atoms with Crippen LogP contribution in [0, 0.1) is 13.8 Å². The van der Waals surface area contributed by atoms with Gasteiger partial charge in [-0.3, -0.25) is 4.79 Å². The van der Waals surface area contributed by atoms with Crippen LogP contribution < -0.4 is 4.80 Å². The van der Waals surface area contributed by atoms with Crippen molar-refractivity contribution in [3.05, 3.63) is 57.9 Å². The van der Waals surface area contributed by atoms with E-state index in [9.17, 15) is 13.2 Å². The highest BCUT2D eigenvalue weighted by Gasteiger charge is 2.12. The zero-order valence-corrected chi connectivity index (χ0v) is 17.4. The number of benzene rings is 2.